The quantitative estimate of drug-likeness (QED) is 0.832. The Bertz CT molecular complexity index is 557. The van der Waals surface area contributed by atoms with Crippen LogP contribution in [0.25, 0.3) is 0 Å². The van der Waals surface area contributed by atoms with Crippen molar-refractivity contribution in [3.63, 3.8) is 0 Å². The summed E-state index contributed by atoms with van der Waals surface area (Å²) >= 11 is 1.44. The SMILES string of the molecule is CC(OC(=O)c1cc2c(s1)CCCCCC2)C(=O)NC(N)=O. The first-order chi connectivity index (χ1) is 10.5. The predicted molar refractivity (Wildman–Crippen MR) is 82.8 cm³/mol. The molecule has 6 nitrogen and oxygen atoms in total. The van der Waals surface area contributed by atoms with Crippen LogP contribution in [-0.4, -0.2) is 24.0 Å². The molecule has 2 rings (SSSR count). The summed E-state index contributed by atoms with van der Waals surface area (Å²) < 4.78 is 5.09. The summed E-state index contributed by atoms with van der Waals surface area (Å²) in [5.74, 6) is -1.26. The van der Waals surface area contributed by atoms with Gasteiger partial charge >= 0.3 is 12.0 Å². The Labute approximate surface area is 133 Å². The van der Waals surface area contributed by atoms with Crippen LogP contribution >= 0.6 is 11.3 Å². The highest BCUT2D eigenvalue weighted by Crippen LogP contribution is 2.29. The lowest BCUT2D eigenvalue weighted by Crippen LogP contribution is -2.42. The third-order valence-corrected chi connectivity index (χ3v) is 4.81. The first-order valence-corrected chi connectivity index (χ1v) is 8.22. The highest BCUT2D eigenvalue weighted by molar-refractivity contribution is 7.14. The number of carbonyl (C=O) groups is 3. The lowest BCUT2D eigenvalue weighted by Gasteiger charge is -2.10. The highest BCUT2D eigenvalue weighted by atomic mass is 32.1. The number of primary amides is 1. The number of fused-ring (bicyclic) bond motifs is 1. The van der Waals surface area contributed by atoms with E-state index in [1.54, 1.807) is 0 Å². The number of rotatable bonds is 3. The Morgan fingerprint density at radius 1 is 1.23 bits per heavy atom. The van der Waals surface area contributed by atoms with Gasteiger partial charge in [-0.1, -0.05) is 12.8 Å². The van der Waals surface area contributed by atoms with E-state index in [-0.39, 0.29) is 0 Å². The lowest BCUT2D eigenvalue weighted by molar-refractivity contribution is -0.127. The van der Waals surface area contributed by atoms with Crippen LogP contribution in [0.1, 0.15) is 52.7 Å². The van der Waals surface area contributed by atoms with Crippen molar-refractivity contribution >= 4 is 29.2 Å². The molecule has 0 radical (unpaired) electrons. The van der Waals surface area contributed by atoms with Crippen molar-refractivity contribution in [3.05, 3.63) is 21.4 Å². The van der Waals surface area contributed by atoms with Crippen molar-refractivity contribution in [2.24, 2.45) is 5.73 Å². The molecule has 1 atom stereocenters. The molecule has 1 aromatic rings. The lowest BCUT2D eigenvalue weighted by atomic mass is 10.00. The topological polar surface area (TPSA) is 98.5 Å². The zero-order chi connectivity index (χ0) is 16.1. The van der Waals surface area contributed by atoms with Gasteiger partial charge < -0.3 is 10.5 Å². The maximum Gasteiger partial charge on any atom is 0.349 e. The highest BCUT2D eigenvalue weighted by Gasteiger charge is 2.22. The summed E-state index contributed by atoms with van der Waals surface area (Å²) in [6, 6.07) is 0.902. The van der Waals surface area contributed by atoms with Gasteiger partial charge in [-0.2, -0.15) is 0 Å². The summed E-state index contributed by atoms with van der Waals surface area (Å²) in [7, 11) is 0. The smallest absolute Gasteiger partial charge is 0.349 e. The number of nitrogens with two attached hydrogens (primary N) is 1. The summed E-state index contributed by atoms with van der Waals surface area (Å²) in [4.78, 5) is 36.0. The zero-order valence-corrected chi connectivity index (χ0v) is 13.3. The third-order valence-electron chi connectivity index (χ3n) is 3.60. The Balaban J connectivity index is 2.02. The minimum absolute atomic E-state index is 0.505. The maximum atomic E-state index is 12.1. The number of imide groups is 1. The molecular weight excluding hydrogens is 304 g/mol. The molecule has 0 aliphatic heterocycles. The van der Waals surface area contributed by atoms with Crippen molar-refractivity contribution in [2.45, 2.75) is 51.6 Å². The molecular formula is C15H20N2O4S. The van der Waals surface area contributed by atoms with E-state index in [2.05, 4.69) is 0 Å². The van der Waals surface area contributed by atoms with Crippen molar-refractivity contribution in [3.8, 4) is 0 Å². The summed E-state index contributed by atoms with van der Waals surface area (Å²) in [5.41, 5.74) is 6.07. The van der Waals surface area contributed by atoms with E-state index in [0.29, 0.717) is 4.88 Å². The molecule has 1 aromatic heterocycles. The van der Waals surface area contributed by atoms with Gasteiger partial charge in [0.15, 0.2) is 6.10 Å². The van der Waals surface area contributed by atoms with E-state index >= 15 is 0 Å². The summed E-state index contributed by atoms with van der Waals surface area (Å²) in [5, 5.41) is 1.89. The Kier molecular flexibility index (Phi) is 5.54. The number of thiophene rings is 1. The normalized spacial score (nSPS) is 15.9. The number of carbonyl (C=O) groups excluding carboxylic acids is 3. The van der Waals surface area contributed by atoms with Crippen LogP contribution in [0.4, 0.5) is 4.79 Å². The molecule has 7 heteroatoms. The van der Waals surface area contributed by atoms with E-state index in [1.807, 2.05) is 11.4 Å². The van der Waals surface area contributed by atoms with Crippen molar-refractivity contribution in [1.82, 2.24) is 5.32 Å². The number of ether oxygens (including phenoxy) is 1. The fraction of sp³-hybridized carbons (Fsp3) is 0.533. The molecule has 0 bridgehead atoms. The monoisotopic (exact) mass is 324 g/mol. The number of aryl methyl sites for hydroxylation is 2. The number of amides is 3. The minimum atomic E-state index is -1.07. The summed E-state index contributed by atoms with van der Waals surface area (Å²) in [6.45, 7) is 1.40. The minimum Gasteiger partial charge on any atom is -0.448 e. The van der Waals surface area contributed by atoms with Gasteiger partial charge in [0.2, 0.25) is 0 Å². The zero-order valence-electron chi connectivity index (χ0n) is 12.5. The molecule has 3 N–H and O–H groups in total. The van der Waals surface area contributed by atoms with Gasteiger partial charge in [0.1, 0.15) is 4.88 Å². The Hall–Kier alpha value is -1.89. The first-order valence-electron chi connectivity index (χ1n) is 7.40. The average molecular weight is 324 g/mol. The van der Waals surface area contributed by atoms with E-state index in [4.69, 9.17) is 10.5 Å². The van der Waals surface area contributed by atoms with Gasteiger partial charge in [0.25, 0.3) is 5.91 Å². The Morgan fingerprint density at radius 2 is 1.91 bits per heavy atom. The average Bonchev–Trinajstić information content (AvgIpc) is 2.80. The van der Waals surface area contributed by atoms with E-state index < -0.39 is 24.0 Å². The molecule has 0 saturated heterocycles. The molecule has 0 fully saturated rings. The molecule has 1 heterocycles. The summed E-state index contributed by atoms with van der Waals surface area (Å²) in [6.07, 6.45) is 5.63. The molecule has 0 spiro atoms. The van der Waals surface area contributed by atoms with Gasteiger partial charge in [-0.15, -0.1) is 11.3 Å². The van der Waals surface area contributed by atoms with Crippen molar-refractivity contribution < 1.29 is 19.1 Å². The largest absolute Gasteiger partial charge is 0.448 e. The second kappa shape index (κ2) is 7.40. The molecule has 3 amide bonds. The van der Waals surface area contributed by atoms with Crippen LogP contribution in [-0.2, 0) is 22.4 Å². The second-order valence-corrected chi connectivity index (χ2v) is 6.51. The van der Waals surface area contributed by atoms with Crippen LogP contribution in [0.15, 0.2) is 6.07 Å². The molecule has 0 saturated carbocycles. The van der Waals surface area contributed by atoms with Crippen LogP contribution in [0.5, 0.6) is 0 Å². The van der Waals surface area contributed by atoms with E-state index in [1.165, 1.54) is 41.5 Å². The first kappa shape index (κ1) is 16.5. The van der Waals surface area contributed by atoms with Crippen molar-refractivity contribution in [2.75, 3.05) is 0 Å². The van der Waals surface area contributed by atoms with E-state index in [0.717, 1.165) is 25.7 Å². The van der Waals surface area contributed by atoms with Gasteiger partial charge in [0.05, 0.1) is 0 Å². The fourth-order valence-electron chi connectivity index (χ4n) is 2.44. The molecule has 1 aliphatic rings. The van der Waals surface area contributed by atoms with Gasteiger partial charge in [-0.3, -0.25) is 10.1 Å². The van der Waals surface area contributed by atoms with Crippen LogP contribution in [0, 0.1) is 0 Å². The number of urea groups is 1. The maximum absolute atomic E-state index is 12.1. The molecule has 120 valence electrons. The fourth-order valence-corrected chi connectivity index (χ4v) is 3.58. The Morgan fingerprint density at radius 3 is 2.59 bits per heavy atom. The molecule has 1 aliphatic carbocycles. The van der Waals surface area contributed by atoms with Crippen LogP contribution in [0.2, 0.25) is 0 Å². The van der Waals surface area contributed by atoms with Crippen LogP contribution in [0.3, 0.4) is 0 Å². The number of hydrogen-bond acceptors (Lipinski definition) is 5. The number of esters is 1. The second-order valence-electron chi connectivity index (χ2n) is 5.37. The number of nitrogens with one attached hydrogen (secondary N) is 1. The van der Waals surface area contributed by atoms with Gasteiger partial charge in [-0.05, 0) is 44.2 Å². The van der Waals surface area contributed by atoms with Crippen molar-refractivity contribution in [1.29, 1.82) is 0 Å². The molecule has 0 aromatic carbocycles. The predicted octanol–water partition coefficient (Wildman–Crippen LogP) is 2.15. The standard InChI is InChI=1S/C15H20N2O4S/c1-9(13(18)17-15(16)20)21-14(19)12-8-10-6-4-2-3-5-7-11(10)22-12/h8-9H,2-7H2,1H3,(H3,16,17,18,20). The third kappa shape index (κ3) is 4.30. The van der Waals surface area contributed by atoms with E-state index in [9.17, 15) is 14.4 Å². The van der Waals surface area contributed by atoms with Gasteiger partial charge in [-0.25, -0.2) is 9.59 Å². The molecule has 1 unspecified atom stereocenters. The number of hydrogen-bond donors (Lipinski definition) is 2. The van der Waals surface area contributed by atoms with Gasteiger partial charge in [0, 0.05) is 4.88 Å². The molecule has 22 heavy (non-hydrogen) atoms. The van der Waals surface area contributed by atoms with Crippen LogP contribution < -0.4 is 11.1 Å².